The van der Waals surface area contributed by atoms with Gasteiger partial charge in [0.15, 0.2) is 0 Å². The molecular formula is C26H28ClSi. The lowest BCUT2D eigenvalue weighted by Gasteiger charge is -2.22. The fraction of sp³-hybridized carbons (Fsp3) is 0.308. The monoisotopic (exact) mass is 403 g/mol. The Morgan fingerprint density at radius 2 is 1.18 bits per heavy atom. The van der Waals surface area contributed by atoms with Crippen molar-refractivity contribution in [1.82, 2.24) is 0 Å². The summed E-state index contributed by atoms with van der Waals surface area (Å²) in [5, 5.41) is 1.66. The van der Waals surface area contributed by atoms with E-state index in [2.05, 4.69) is 106 Å². The fourth-order valence-corrected chi connectivity index (χ4v) is 3.88. The lowest BCUT2D eigenvalue weighted by atomic mass is 9.83. The van der Waals surface area contributed by atoms with Crippen LogP contribution in [0.25, 0.3) is 22.3 Å². The van der Waals surface area contributed by atoms with Crippen LogP contribution in [-0.2, 0) is 10.8 Å². The summed E-state index contributed by atoms with van der Waals surface area (Å²) in [4.78, 5) is 0. The summed E-state index contributed by atoms with van der Waals surface area (Å²) < 4.78 is 0. The lowest BCUT2D eigenvalue weighted by molar-refractivity contribution is 0.590. The summed E-state index contributed by atoms with van der Waals surface area (Å²) in [6, 6.07) is 21.7. The van der Waals surface area contributed by atoms with Crippen LogP contribution in [0.2, 0.25) is 5.02 Å². The first-order chi connectivity index (χ1) is 13.0. The van der Waals surface area contributed by atoms with Crippen molar-refractivity contribution in [2.45, 2.75) is 52.4 Å². The Labute approximate surface area is 178 Å². The van der Waals surface area contributed by atoms with Crippen molar-refractivity contribution in [2.24, 2.45) is 0 Å². The quantitative estimate of drug-likeness (QED) is 0.401. The molecule has 0 amide bonds. The normalized spacial score (nSPS) is 12.3. The minimum absolute atomic E-state index is 0.0837. The molecule has 0 spiro atoms. The minimum atomic E-state index is 0.0837. The first-order valence-electron chi connectivity index (χ1n) is 9.74. The maximum Gasteiger partial charge on any atom is 0.0733 e. The highest BCUT2D eigenvalue weighted by molar-refractivity contribution is 6.47. The van der Waals surface area contributed by atoms with Crippen LogP contribution in [0, 0.1) is 0 Å². The van der Waals surface area contributed by atoms with Crippen molar-refractivity contribution >= 4 is 27.0 Å². The summed E-state index contributed by atoms with van der Waals surface area (Å²) in [6.45, 7) is 13.4. The van der Waals surface area contributed by atoms with Gasteiger partial charge in [-0.05, 0) is 43.8 Å². The van der Waals surface area contributed by atoms with Crippen LogP contribution < -0.4 is 5.19 Å². The van der Waals surface area contributed by atoms with Crippen molar-refractivity contribution < 1.29 is 0 Å². The third-order valence-electron chi connectivity index (χ3n) is 5.20. The van der Waals surface area contributed by atoms with E-state index in [1.165, 1.54) is 16.7 Å². The van der Waals surface area contributed by atoms with E-state index in [0.717, 1.165) is 26.9 Å². The van der Waals surface area contributed by atoms with E-state index in [4.69, 9.17) is 11.6 Å². The summed E-state index contributed by atoms with van der Waals surface area (Å²) in [7, 11) is 3.68. The van der Waals surface area contributed by atoms with Crippen LogP contribution in [0.4, 0.5) is 0 Å². The highest BCUT2D eigenvalue weighted by Crippen LogP contribution is 2.39. The van der Waals surface area contributed by atoms with E-state index in [0.29, 0.717) is 0 Å². The van der Waals surface area contributed by atoms with Gasteiger partial charge in [-0.1, -0.05) is 114 Å². The molecule has 0 aliphatic rings. The van der Waals surface area contributed by atoms with Gasteiger partial charge in [-0.15, -0.1) is 0 Å². The van der Waals surface area contributed by atoms with Crippen LogP contribution in [0.5, 0.6) is 0 Å². The Kier molecular flexibility index (Phi) is 5.62. The van der Waals surface area contributed by atoms with Crippen LogP contribution in [0.1, 0.15) is 52.7 Å². The second-order valence-corrected chi connectivity index (χ2v) is 10.4. The predicted molar refractivity (Wildman–Crippen MR) is 125 cm³/mol. The van der Waals surface area contributed by atoms with E-state index in [9.17, 15) is 0 Å². The molecule has 0 unspecified atom stereocenters. The number of halogens is 1. The Bertz CT molecular complexity index is 1000. The van der Waals surface area contributed by atoms with Crippen LogP contribution in [0.3, 0.4) is 0 Å². The first-order valence-corrected chi connectivity index (χ1v) is 10.6. The summed E-state index contributed by atoms with van der Waals surface area (Å²) in [5.74, 6) is 0. The molecule has 143 valence electrons. The SMILES string of the molecule is CC(C)(C)c1cccc(-c2ccc([Si])c(Cl)c2-c2cccc(C(C)(C)C)c2)c1. The van der Waals surface area contributed by atoms with E-state index >= 15 is 0 Å². The maximum absolute atomic E-state index is 6.83. The average molecular weight is 404 g/mol. The molecule has 3 rings (SSSR count). The van der Waals surface area contributed by atoms with Crippen LogP contribution in [0.15, 0.2) is 60.7 Å². The molecule has 0 saturated carbocycles. The molecule has 0 aliphatic heterocycles. The smallest absolute Gasteiger partial charge is 0.0733 e. The molecule has 3 aromatic carbocycles. The molecule has 0 heterocycles. The molecular weight excluding hydrogens is 376 g/mol. The number of hydrogen-bond acceptors (Lipinski definition) is 0. The van der Waals surface area contributed by atoms with Crippen molar-refractivity contribution in [3.05, 3.63) is 76.8 Å². The molecule has 3 radical (unpaired) electrons. The van der Waals surface area contributed by atoms with Gasteiger partial charge in [0.2, 0.25) is 0 Å². The third-order valence-corrected chi connectivity index (χ3v) is 6.17. The number of rotatable bonds is 2. The van der Waals surface area contributed by atoms with E-state index in [1.54, 1.807) is 0 Å². The molecule has 0 aromatic heterocycles. The second kappa shape index (κ2) is 7.53. The number of hydrogen-bond donors (Lipinski definition) is 0. The van der Waals surface area contributed by atoms with Gasteiger partial charge in [0.1, 0.15) is 0 Å². The molecule has 0 N–H and O–H groups in total. The largest absolute Gasteiger partial charge is 0.0838 e. The Balaban J connectivity index is 2.26. The van der Waals surface area contributed by atoms with Crippen molar-refractivity contribution in [1.29, 1.82) is 0 Å². The van der Waals surface area contributed by atoms with Gasteiger partial charge in [0.05, 0.1) is 10.2 Å². The maximum atomic E-state index is 6.83. The molecule has 0 aliphatic carbocycles. The topological polar surface area (TPSA) is 0 Å². The van der Waals surface area contributed by atoms with Gasteiger partial charge in [-0.3, -0.25) is 0 Å². The molecule has 2 heteroatoms. The summed E-state index contributed by atoms with van der Waals surface area (Å²) in [6.07, 6.45) is 0. The van der Waals surface area contributed by atoms with Crippen LogP contribution >= 0.6 is 11.6 Å². The Hall–Kier alpha value is -1.83. The fourth-order valence-electron chi connectivity index (χ4n) is 3.39. The van der Waals surface area contributed by atoms with Gasteiger partial charge in [-0.25, -0.2) is 0 Å². The van der Waals surface area contributed by atoms with Crippen molar-refractivity contribution in [3.63, 3.8) is 0 Å². The Morgan fingerprint density at radius 1 is 0.679 bits per heavy atom. The van der Waals surface area contributed by atoms with Gasteiger partial charge in [-0.2, -0.15) is 0 Å². The molecule has 3 aromatic rings. The predicted octanol–water partition coefficient (Wildman–Crippen LogP) is 7.06. The van der Waals surface area contributed by atoms with E-state index in [-0.39, 0.29) is 10.8 Å². The lowest BCUT2D eigenvalue weighted by Crippen LogP contribution is -2.12. The van der Waals surface area contributed by atoms with Gasteiger partial charge < -0.3 is 0 Å². The van der Waals surface area contributed by atoms with Gasteiger partial charge in [0, 0.05) is 10.6 Å². The van der Waals surface area contributed by atoms with Gasteiger partial charge in [0.25, 0.3) is 0 Å². The van der Waals surface area contributed by atoms with Gasteiger partial charge >= 0.3 is 0 Å². The number of benzene rings is 3. The highest BCUT2D eigenvalue weighted by Gasteiger charge is 2.19. The summed E-state index contributed by atoms with van der Waals surface area (Å²) >= 11 is 6.83. The molecule has 0 saturated heterocycles. The third kappa shape index (κ3) is 4.26. The van der Waals surface area contributed by atoms with E-state index in [1.807, 2.05) is 6.07 Å². The second-order valence-electron chi connectivity index (χ2n) is 9.51. The highest BCUT2D eigenvalue weighted by atomic mass is 35.5. The summed E-state index contributed by atoms with van der Waals surface area (Å²) in [5.41, 5.74) is 7.37. The molecule has 0 atom stereocenters. The molecule has 0 fully saturated rings. The van der Waals surface area contributed by atoms with Crippen LogP contribution in [-0.4, -0.2) is 10.2 Å². The zero-order valence-corrected chi connectivity index (χ0v) is 19.4. The standard InChI is InChI=1S/C26H28ClSi/c1-25(2,3)19-11-7-9-17(15-19)21-13-14-22(28)24(27)23(21)18-10-8-12-20(16-18)26(4,5)6/h7-16H,1-6H3. The molecule has 0 bridgehead atoms. The van der Waals surface area contributed by atoms with E-state index < -0.39 is 0 Å². The van der Waals surface area contributed by atoms with Crippen molar-refractivity contribution in [2.75, 3.05) is 0 Å². The zero-order chi connectivity index (χ0) is 20.7. The molecule has 28 heavy (non-hydrogen) atoms. The minimum Gasteiger partial charge on any atom is -0.0838 e. The Morgan fingerprint density at radius 3 is 1.71 bits per heavy atom. The van der Waals surface area contributed by atoms with Crippen molar-refractivity contribution in [3.8, 4) is 22.3 Å². The average Bonchev–Trinajstić information content (AvgIpc) is 2.62. The first kappa shape index (κ1) is 20.9. The molecule has 0 nitrogen and oxygen atoms in total. The zero-order valence-electron chi connectivity index (χ0n) is 17.7.